The highest BCUT2D eigenvalue weighted by Gasteiger charge is 2.71. The second-order valence-corrected chi connectivity index (χ2v) is 10.2. The lowest BCUT2D eigenvalue weighted by molar-refractivity contribution is -0.176. The highest BCUT2D eigenvalue weighted by Crippen LogP contribution is 2.59. The smallest absolute Gasteiger partial charge is 0.415 e. The Morgan fingerprint density at radius 1 is 0.944 bits per heavy atom. The second-order valence-electron chi connectivity index (χ2n) is 10.2. The maximum Gasteiger partial charge on any atom is 0.415 e. The van der Waals surface area contributed by atoms with Gasteiger partial charge in [0.25, 0.3) is 11.8 Å². The van der Waals surface area contributed by atoms with Crippen molar-refractivity contribution in [3.8, 4) is 0 Å². The first-order valence-electron chi connectivity index (χ1n) is 12.0. The molecule has 3 aromatic carbocycles. The fraction of sp³-hybridized carbons (Fsp3) is 0.222. The third kappa shape index (κ3) is 1.73. The molecule has 2 unspecified atom stereocenters. The van der Waals surface area contributed by atoms with Crippen molar-refractivity contribution in [3.63, 3.8) is 0 Å². The molecule has 2 fully saturated rings. The zero-order valence-electron chi connectivity index (χ0n) is 19.0. The number of hydrogen-bond donors (Lipinski definition) is 2. The average molecular weight is 478 g/mol. The number of aromatic nitrogens is 2. The van der Waals surface area contributed by atoms with Gasteiger partial charge in [-0.05, 0) is 24.6 Å². The van der Waals surface area contributed by atoms with Crippen LogP contribution in [-0.4, -0.2) is 32.6 Å². The van der Waals surface area contributed by atoms with Gasteiger partial charge >= 0.3 is 6.09 Å². The molecule has 3 atom stereocenters. The molecule has 2 N–H and O–H groups in total. The Balaban J connectivity index is 1.62. The molecule has 2 bridgehead atoms. The molecule has 4 aliphatic rings. The molecule has 4 aliphatic heterocycles. The molecule has 9 heteroatoms. The van der Waals surface area contributed by atoms with Crippen LogP contribution in [0.3, 0.4) is 0 Å². The van der Waals surface area contributed by atoms with Crippen molar-refractivity contribution in [2.45, 2.75) is 37.4 Å². The standard InChI is InChI=1S/C27H18N4O5/c1-26-27(24(33)29-25(34)36-27)10-17(35-26)30-15-8-4-2-6-12(15)19-20-14(11-28-23(20)32)18-13-7-3-5-9-16(13)31(26)22(18)21(19)30/h2-9,17H,10-11H2,1H3,(H,28,32)(H,29,33,34)/t17?,26?,27-/m1/s1. The van der Waals surface area contributed by atoms with Crippen LogP contribution in [0.2, 0.25) is 0 Å². The monoisotopic (exact) mass is 478 g/mol. The molecule has 2 saturated heterocycles. The molecule has 0 aliphatic carbocycles. The van der Waals surface area contributed by atoms with Crippen molar-refractivity contribution in [2.24, 2.45) is 0 Å². The first-order valence-corrected chi connectivity index (χ1v) is 12.0. The van der Waals surface area contributed by atoms with E-state index in [-0.39, 0.29) is 12.3 Å². The summed E-state index contributed by atoms with van der Waals surface area (Å²) in [5, 5.41) is 9.12. The van der Waals surface area contributed by atoms with Gasteiger partial charge in [-0.15, -0.1) is 0 Å². The third-order valence-electron chi connectivity index (χ3n) is 8.66. The van der Waals surface area contributed by atoms with Gasteiger partial charge in [0.1, 0.15) is 6.23 Å². The summed E-state index contributed by atoms with van der Waals surface area (Å²) < 4.78 is 16.8. The van der Waals surface area contributed by atoms with Gasteiger partial charge in [-0.25, -0.2) is 4.79 Å². The minimum Gasteiger partial charge on any atom is -0.427 e. The van der Waals surface area contributed by atoms with Crippen LogP contribution in [0.25, 0.3) is 43.6 Å². The first kappa shape index (κ1) is 18.9. The number of carbonyl (C=O) groups excluding carboxylic acids is 3. The number of benzene rings is 3. The van der Waals surface area contributed by atoms with Gasteiger partial charge in [0.15, 0.2) is 5.72 Å². The summed E-state index contributed by atoms with van der Waals surface area (Å²) in [5.41, 5.74) is 2.26. The van der Waals surface area contributed by atoms with Gasteiger partial charge < -0.3 is 23.9 Å². The van der Waals surface area contributed by atoms with Crippen molar-refractivity contribution in [3.05, 3.63) is 59.7 Å². The van der Waals surface area contributed by atoms with E-state index >= 15 is 0 Å². The van der Waals surface area contributed by atoms with Crippen LogP contribution in [0.5, 0.6) is 0 Å². The zero-order valence-corrected chi connectivity index (χ0v) is 19.0. The summed E-state index contributed by atoms with van der Waals surface area (Å²) in [6, 6.07) is 15.9. The Labute approximate surface area is 202 Å². The van der Waals surface area contributed by atoms with Crippen molar-refractivity contribution >= 4 is 61.5 Å². The number of ether oxygens (including phenoxy) is 2. The number of rotatable bonds is 0. The van der Waals surface area contributed by atoms with E-state index in [0.29, 0.717) is 12.1 Å². The Morgan fingerprint density at radius 3 is 2.42 bits per heavy atom. The van der Waals surface area contributed by atoms with Crippen LogP contribution in [-0.2, 0) is 26.5 Å². The summed E-state index contributed by atoms with van der Waals surface area (Å²) in [6.45, 7) is 2.24. The van der Waals surface area contributed by atoms with E-state index in [9.17, 15) is 14.4 Å². The number of imide groups is 1. The molecule has 2 aromatic heterocycles. The number of para-hydroxylation sites is 2. The molecule has 36 heavy (non-hydrogen) atoms. The van der Waals surface area contributed by atoms with E-state index in [1.165, 1.54) is 0 Å². The largest absolute Gasteiger partial charge is 0.427 e. The van der Waals surface area contributed by atoms with Crippen molar-refractivity contribution < 1.29 is 23.9 Å². The summed E-state index contributed by atoms with van der Waals surface area (Å²) in [6.07, 6.45) is -1.22. The van der Waals surface area contributed by atoms with Crippen LogP contribution in [0.1, 0.15) is 35.5 Å². The molecular weight excluding hydrogens is 460 g/mol. The fourth-order valence-corrected chi connectivity index (χ4v) is 7.30. The van der Waals surface area contributed by atoms with E-state index in [1.54, 1.807) is 0 Å². The molecule has 9 rings (SSSR count). The Morgan fingerprint density at radius 2 is 1.67 bits per heavy atom. The normalized spacial score (nSPS) is 28.0. The maximum absolute atomic E-state index is 13.4. The molecule has 0 radical (unpaired) electrons. The van der Waals surface area contributed by atoms with Crippen LogP contribution in [0.15, 0.2) is 48.5 Å². The van der Waals surface area contributed by atoms with Gasteiger partial charge in [-0.2, -0.15) is 0 Å². The van der Waals surface area contributed by atoms with Crippen LogP contribution in [0.4, 0.5) is 4.79 Å². The summed E-state index contributed by atoms with van der Waals surface area (Å²) in [7, 11) is 0. The molecule has 176 valence electrons. The van der Waals surface area contributed by atoms with E-state index in [2.05, 4.69) is 15.2 Å². The lowest BCUT2D eigenvalue weighted by Gasteiger charge is -2.37. The second kappa shape index (κ2) is 5.55. The molecule has 6 heterocycles. The SMILES string of the molecule is CC12OC(C[C@]13OC(=O)NC3=O)n1c3ccccc3c3c4c(c5c6ccccc6n2c5c31)CNC4=O. The Bertz CT molecular complexity index is 1950. The molecule has 3 amide bonds. The van der Waals surface area contributed by atoms with Crippen molar-refractivity contribution in [2.75, 3.05) is 0 Å². The number of alkyl carbamates (subject to hydrolysis) is 1. The van der Waals surface area contributed by atoms with Crippen molar-refractivity contribution in [1.82, 2.24) is 19.8 Å². The number of hydrogen-bond acceptors (Lipinski definition) is 5. The van der Waals surface area contributed by atoms with Gasteiger partial charge in [-0.1, -0.05) is 36.4 Å². The topological polar surface area (TPSA) is 104 Å². The van der Waals surface area contributed by atoms with E-state index in [1.807, 2.05) is 60.0 Å². The van der Waals surface area contributed by atoms with Crippen LogP contribution < -0.4 is 10.6 Å². The highest BCUT2D eigenvalue weighted by molar-refractivity contribution is 6.31. The van der Waals surface area contributed by atoms with E-state index in [4.69, 9.17) is 9.47 Å². The van der Waals surface area contributed by atoms with Gasteiger partial charge in [-0.3, -0.25) is 14.9 Å². The summed E-state index contributed by atoms with van der Waals surface area (Å²) in [4.78, 5) is 39.1. The summed E-state index contributed by atoms with van der Waals surface area (Å²) in [5.74, 6) is -0.591. The predicted molar refractivity (Wildman–Crippen MR) is 129 cm³/mol. The van der Waals surface area contributed by atoms with E-state index in [0.717, 1.165) is 49.2 Å². The Hall–Kier alpha value is -4.37. The Kier molecular flexibility index (Phi) is 2.91. The van der Waals surface area contributed by atoms with Gasteiger partial charge in [0.2, 0.25) is 5.60 Å². The van der Waals surface area contributed by atoms with E-state index < -0.39 is 29.6 Å². The van der Waals surface area contributed by atoms with Gasteiger partial charge in [0, 0.05) is 34.5 Å². The van der Waals surface area contributed by atoms with Crippen molar-refractivity contribution in [1.29, 1.82) is 0 Å². The number of amides is 3. The first-order chi connectivity index (χ1) is 17.4. The van der Waals surface area contributed by atoms with Crippen LogP contribution in [0, 0.1) is 0 Å². The predicted octanol–water partition coefficient (Wildman–Crippen LogP) is 3.76. The number of nitrogens with zero attached hydrogens (tertiary/aromatic N) is 2. The minimum atomic E-state index is -1.55. The maximum atomic E-state index is 13.4. The molecule has 0 saturated carbocycles. The summed E-state index contributed by atoms with van der Waals surface area (Å²) >= 11 is 0. The number of nitrogens with one attached hydrogen (secondary N) is 2. The third-order valence-corrected chi connectivity index (χ3v) is 8.66. The highest BCUT2D eigenvalue weighted by atomic mass is 16.6. The van der Waals surface area contributed by atoms with Gasteiger partial charge in [0.05, 0.1) is 27.6 Å². The quantitative estimate of drug-likeness (QED) is 0.353. The zero-order chi connectivity index (χ0) is 24.1. The number of carbonyl (C=O) groups is 3. The molecule has 5 aromatic rings. The molecular formula is C27H18N4O5. The molecule has 9 nitrogen and oxygen atoms in total. The fourth-order valence-electron chi connectivity index (χ4n) is 7.30. The lowest BCUT2D eigenvalue weighted by Crippen LogP contribution is -2.55. The number of fused-ring (bicyclic) bond motifs is 14. The minimum absolute atomic E-state index is 0.0891. The lowest BCUT2D eigenvalue weighted by atomic mass is 9.88. The average Bonchev–Trinajstić information content (AvgIpc) is 3.61. The molecule has 1 spiro atoms. The van der Waals surface area contributed by atoms with Crippen LogP contribution >= 0.6 is 0 Å².